The Labute approximate surface area is 136 Å². The number of nitrogens with two attached hydrogens (primary N) is 1. The number of nitro groups is 1. The average molecular weight is 334 g/mol. The van der Waals surface area contributed by atoms with Crippen LogP contribution in [0, 0.1) is 10.1 Å². The highest BCUT2D eigenvalue weighted by Crippen LogP contribution is 2.27. The molecule has 1 aromatic carbocycles. The molecule has 1 aliphatic heterocycles. The molecule has 0 radical (unpaired) electrons. The number of rotatable bonds is 5. The second kappa shape index (κ2) is 8.54. The van der Waals surface area contributed by atoms with Crippen molar-refractivity contribution in [1.82, 2.24) is 4.90 Å². The van der Waals surface area contributed by atoms with Gasteiger partial charge in [0.05, 0.1) is 4.92 Å². The number of halogens is 2. The lowest BCUT2D eigenvalue weighted by molar-refractivity contribution is -0.385. The van der Waals surface area contributed by atoms with Gasteiger partial charge >= 0.3 is 0 Å². The highest BCUT2D eigenvalue weighted by Gasteiger charge is 2.24. The summed E-state index contributed by atoms with van der Waals surface area (Å²) < 4.78 is 0. The third-order valence-electron chi connectivity index (χ3n) is 3.87. The maximum absolute atomic E-state index is 11.1. The summed E-state index contributed by atoms with van der Waals surface area (Å²) in [6.45, 7) is 2.23. The molecule has 0 bridgehead atoms. The summed E-state index contributed by atoms with van der Waals surface area (Å²) in [4.78, 5) is 13.1. The fourth-order valence-electron chi connectivity index (χ4n) is 2.85. The van der Waals surface area contributed by atoms with Gasteiger partial charge in [-0.25, -0.2) is 0 Å². The van der Waals surface area contributed by atoms with Crippen LogP contribution in [-0.4, -0.2) is 29.0 Å². The van der Waals surface area contributed by atoms with Crippen LogP contribution in [0.4, 0.5) is 5.69 Å². The van der Waals surface area contributed by atoms with Crippen LogP contribution < -0.4 is 5.73 Å². The van der Waals surface area contributed by atoms with Crippen molar-refractivity contribution < 1.29 is 4.92 Å². The van der Waals surface area contributed by atoms with Crippen LogP contribution in [0.5, 0.6) is 0 Å². The SMILES string of the molecule is Cl.NCCC1CCCCN1Cc1ccc(Cl)cc1[N+](=O)[O-]. The second-order valence-electron chi connectivity index (χ2n) is 5.23. The van der Waals surface area contributed by atoms with Crippen molar-refractivity contribution in [3.05, 3.63) is 38.9 Å². The molecule has 1 unspecified atom stereocenters. The van der Waals surface area contributed by atoms with Crippen LogP contribution in [0.2, 0.25) is 5.02 Å². The number of hydrogen-bond donors (Lipinski definition) is 1. The maximum Gasteiger partial charge on any atom is 0.275 e. The van der Waals surface area contributed by atoms with Gasteiger partial charge in [-0.15, -0.1) is 12.4 Å². The molecule has 1 atom stereocenters. The van der Waals surface area contributed by atoms with Crippen LogP contribution in [-0.2, 0) is 6.54 Å². The molecule has 118 valence electrons. The smallest absolute Gasteiger partial charge is 0.275 e. The van der Waals surface area contributed by atoms with Gasteiger partial charge in [-0.3, -0.25) is 15.0 Å². The van der Waals surface area contributed by atoms with E-state index in [-0.39, 0.29) is 23.0 Å². The van der Waals surface area contributed by atoms with E-state index in [0.717, 1.165) is 31.4 Å². The van der Waals surface area contributed by atoms with E-state index in [2.05, 4.69) is 4.90 Å². The number of nitrogens with zero attached hydrogens (tertiary/aromatic N) is 2. The summed E-state index contributed by atoms with van der Waals surface area (Å²) in [7, 11) is 0. The number of piperidine rings is 1. The maximum atomic E-state index is 11.1. The van der Waals surface area contributed by atoms with Crippen molar-refractivity contribution in [2.75, 3.05) is 13.1 Å². The molecule has 2 rings (SSSR count). The van der Waals surface area contributed by atoms with Crippen LogP contribution in [0.1, 0.15) is 31.2 Å². The molecular formula is C14H21Cl2N3O2. The molecule has 7 heteroatoms. The Bertz CT molecular complexity index is 483. The van der Waals surface area contributed by atoms with E-state index >= 15 is 0 Å². The van der Waals surface area contributed by atoms with Crippen LogP contribution >= 0.6 is 24.0 Å². The molecule has 0 saturated carbocycles. The van der Waals surface area contributed by atoms with Crippen molar-refractivity contribution in [3.8, 4) is 0 Å². The molecule has 0 spiro atoms. The Hall–Kier alpha value is -0.880. The van der Waals surface area contributed by atoms with E-state index in [1.807, 2.05) is 0 Å². The van der Waals surface area contributed by atoms with Gasteiger partial charge in [0.1, 0.15) is 0 Å². The summed E-state index contributed by atoms with van der Waals surface area (Å²) in [6, 6.07) is 5.34. The molecule has 5 nitrogen and oxygen atoms in total. The second-order valence-corrected chi connectivity index (χ2v) is 5.66. The largest absolute Gasteiger partial charge is 0.330 e. The number of hydrogen-bond acceptors (Lipinski definition) is 4. The van der Waals surface area contributed by atoms with E-state index in [1.165, 1.54) is 12.5 Å². The van der Waals surface area contributed by atoms with Gasteiger partial charge in [0, 0.05) is 29.2 Å². The summed E-state index contributed by atoms with van der Waals surface area (Å²) in [5.41, 5.74) is 6.49. The normalized spacial score (nSPS) is 19.0. The molecule has 21 heavy (non-hydrogen) atoms. The Morgan fingerprint density at radius 1 is 1.43 bits per heavy atom. The highest BCUT2D eigenvalue weighted by atomic mass is 35.5. The molecule has 1 saturated heterocycles. The van der Waals surface area contributed by atoms with Crippen LogP contribution in [0.3, 0.4) is 0 Å². The van der Waals surface area contributed by atoms with Crippen molar-refractivity contribution in [2.24, 2.45) is 5.73 Å². The molecule has 1 aromatic rings. The number of likely N-dealkylation sites (tertiary alicyclic amines) is 1. The lowest BCUT2D eigenvalue weighted by Gasteiger charge is -2.35. The van der Waals surface area contributed by atoms with Crippen LogP contribution in [0.25, 0.3) is 0 Å². The molecule has 0 aromatic heterocycles. The fraction of sp³-hybridized carbons (Fsp3) is 0.571. The Morgan fingerprint density at radius 3 is 2.86 bits per heavy atom. The first-order valence-electron chi connectivity index (χ1n) is 6.98. The quantitative estimate of drug-likeness (QED) is 0.662. The summed E-state index contributed by atoms with van der Waals surface area (Å²) in [5.74, 6) is 0. The monoisotopic (exact) mass is 333 g/mol. The number of nitro benzene ring substituents is 1. The third kappa shape index (κ3) is 4.81. The molecular weight excluding hydrogens is 313 g/mol. The minimum atomic E-state index is -0.358. The van der Waals surface area contributed by atoms with Gasteiger partial charge < -0.3 is 5.73 Å². The predicted molar refractivity (Wildman–Crippen MR) is 87.1 cm³/mol. The third-order valence-corrected chi connectivity index (χ3v) is 4.10. The molecule has 1 heterocycles. The summed E-state index contributed by atoms with van der Waals surface area (Å²) in [6.07, 6.45) is 4.42. The van der Waals surface area contributed by atoms with Gasteiger partial charge in [-0.2, -0.15) is 0 Å². The van der Waals surface area contributed by atoms with E-state index in [4.69, 9.17) is 17.3 Å². The lowest BCUT2D eigenvalue weighted by Crippen LogP contribution is -2.40. The van der Waals surface area contributed by atoms with Gasteiger partial charge in [-0.05, 0) is 44.5 Å². The van der Waals surface area contributed by atoms with Crippen molar-refractivity contribution in [2.45, 2.75) is 38.3 Å². The first-order chi connectivity index (χ1) is 9.61. The van der Waals surface area contributed by atoms with Crippen molar-refractivity contribution >= 4 is 29.7 Å². The zero-order valence-corrected chi connectivity index (χ0v) is 13.4. The first kappa shape index (κ1) is 18.2. The van der Waals surface area contributed by atoms with E-state index < -0.39 is 0 Å². The topological polar surface area (TPSA) is 72.4 Å². The van der Waals surface area contributed by atoms with Gasteiger partial charge in [0.15, 0.2) is 0 Å². The zero-order chi connectivity index (χ0) is 14.5. The molecule has 1 fully saturated rings. The van der Waals surface area contributed by atoms with E-state index in [1.54, 1.807) is 12.1 Å². The molecule has 1 aliphatic rings. The lowest BCUT2D eigenvalue weighted by atomic mass is 9.98. The average Bonchev–Trinajstić information content (AvgIpc) is 2.43. The first-order valence-corrected chi connectivity index (χ1v) is 7.36. The Kier molecular flexibility index (Phi) is 7.39. The Morgan fingerprint density at radius 2 is 2.19 bits per heavy atom. The standard InChI is InChI=1S/C14H20ClN3O2.ClH/c15-12-5-4-11(14(9-12)18(19)20)10-17-8-2-1-3-13(17)6-7-16;/h4-5,9,13H,1-3,6-8,10,16H2;1H. The zero-order valence-electron chi connectivity index (χ0n) is 11.8. The van der Waals surface area contributed by atoms with Gasteiger partial charge in [0.25, 0.3) is 5.69 Å². The summed E-state index contributed by atoms with van der Waals surface area (Å²) >= 11 is 5.85. The van der Waals surface area contributed by atoms with E-state index in [9.17, 15) is 10.1 Å². The van der Waals surface area contributed by atoms with E-state index in [0.29, 0.717) is 24.2 Å². The van der Waals surface area contributed by atoms with Gasteiger partial charge in [0.2, 0.25) is 0 Å². The summed E-state index contributed by atoms with van der Waals surface area (Å²) in [5, 5.41) is 11.5. The Balaban J connectivity index is 0.00000220. The minimum Gasteiger partial charge on any atom is -0.330 e. The molecule has 2 N–H and O–H groups in total. The number of benzene rings is 1. The predicted octanol–water partition coefficient (Wildman–Crippen LogP) is 3.37. The van der Waals surface area contributed by atoms with Crippen LogP contribution in [0.15, 0.2) is 18.2 Å². The van der Waals surface area contributed by atoms with Crippen molar-refractivity contribution in [1.29, 1.82) is 0 Å². The van der Waals surface area contributed by atoms with Gasteiger partial charge in [-0.1, -0.05) is 18.0 Å². The fourth-order valence-corrected chi connectivity index (χ4v) is 3.01. The minimum absolute atomic E-state index is 0. The molecule has 0 amide bonds. The highest BCUT2D eigenvalue weighted by molar-refractivity contribution is 6.30. The van der Waals surface area contributed by atoms with Crippen molar-refractivity contribution in [3.63, 3.8) is 0 Å². The molecule has 0 aliphatic carbocycles.